The number of rotatable bonds is 4. The van der Waals surface area contributed by atoms with Gasteiger partial charge in [0.05, 0.1) is 8.95 Å². The summed E-state index contributed by atoms with van der Waals surface area (Å²) in [6.07, 6.45) is 17.3. The van der Waals surface area contributed by atoms with Crippen molar-refractivity contribution in [3.8, 4) is 0 Å². The summed E-state index contributed by atoms with van der Waals surface area (Å²) < 4.78 is 1.84. The minimum absolute atomic E-state index is 0.558. The first kappa shape index (κ1) is 23.4. The minimum atomic E-state index is 0.558. The van der Waals surface area contributed by atoms with Crippen LogP contribution in [0.5, 0.6) is 0 Å². The van der Waals surface area contributed by atoms with Gasteiger partial charge in [-0.15, -0.1) is 0 Å². The van der Waals surface area contributed by atoms with Gasteiger partial charge >= 0.3 is 0 Å². The third-order valence-corrected chi connectivity index (χ3v) is 6.76. The van der Waals surface area contributed by atoms with Gasteiger partial charge < -0.3 is 10.6 Å². The summed E-state index contributed by atoms with van der Waals surface area (Å²) in [6, 6.07) is 1.12. The molecular formula is C22H32Br2N6. The van der Waals surface area contributed by atoms with E-state index in [0.29, 0.717) is 12.1 Å². The molecule has 0 bridgehead atoms. The van der Waals surface area contributed by atoms with Crippen LogP contribution >= 0.6 is 31.9 Å². The molecule has 2 aliphatic carbocycles. The molecule has 2 fully saturated rings. The average Bonchev–Trinajstić information content (AvgIpc) is 2.75. The summed E-state index contributed by atoms with van der Waals surface area (Å²) >= 11 is 6.65. The number of aromatic nitrogens is 4. The second-order valence-electron chi connectivity index (χ2n) is 8.65. The summed E-state index contributed by atoms with van der Waals surface area (Å²) in [6.45, 7) is 4.65. The highest BCUT2D eigenvalue weighted by molar-refractivity contribution is 9.10. The van der Waals surface area contributed by atoms with Gasteiger partial charge in [0, 0.05) is 36.9 Å². The number of nitrogens with one attached hydrogen (secondary N) is 2. The van der Waals surface area contributed by atoms with E-state index < -0.39 is 0 Å². The van der Waals surface area contributed by atoms with Crippen molar-refractivity contribution < 1.29 is 0 Å². The molecule has 0 saturated heterocycles. The number of hydrogen-bond acceptors (Lipinski definition) is 6. The van der Waals surface area contributed by atoms with Gasteiger partial charge in [0.2, 0.25) is 11.9 Å². The van der Waals surface area contributed by atoms with Gasteiger partial charge in [-0.25, -0.2) is 19.9 Å². The summed E-state index contributed by atoms with van der Waals surface area (Å²) in [4.78, 5) is 16.9. The zero-order valence-electron chi connectivity index (χ0n) is 17.8. The van der Waals surface area contributed by atoms with Crippen LogP contribution < -0.4 is 10.6 Å². The summed E-state index contributed by atoms with van der Waals surface area (Å²) in [5, 5.41) is 6.77. The Kier molecular flexibility index (Phi) is 9.30. The first-order valence-electron chi connectivity index (χ1n) is 11.0. The molecule has 2 aliphatic rings. The van der Waals surface area contributed by atoms with Crippen molar-refractivity contribution in [3.63, 3.8) is 0 Å². The lowest BCUT2D eigenvalue weighted by Gasteiger charge is -2.26. The highest BCUT2D eigenvalue weighted by atomic mass is 79.9. The molecule has 8 heteroatoms. The Labute approximate surface area is 196 Å². The van der Waals surface area contributed by atoms with E-state index in [2.05, 4.69) is 76.3 Å². The Morgan fingerprint density at radius 2 is 0.900 bits per heavy atom. The van der Waals surface area contributed by atoms with Crippen molar-refractivity contribution >= 4 is 43.8 Å². The lowest BCUT2D eigenvalue weighted by molar-refractivity contribution is 0.360. The third-order valence-electron chi connectivity index (χ3n) is 5.94. The maximum absolute atomic E-state index is 4.22. The quantitative estimate of drug-likeness (QED) is 0.464. The van der Waals surface area contributed by atoms with Crippen molar-refractivity contribution in [1.29, 1.82) is 0 Å². The van der Waals surface area contributed by atoms with Gasteiger partial charge in [-0.2, -0.15) is 0 Å². The molecule has 2 N–H and O–H groups in total. The highest BCUT2D eigenvalue weighted by Gasteiger charge is 2.19. The predicted molar refractivity (Wildman–Crippen MR) is 130 cm³/mol. The standard InChI is InChI=1S/2C11H16BrN3/c2*1-8-2-4-10(5-3-8)15-11-13-6-9(12)7-14-11/h2*6-8,10H,2-5H2,1H3,(H,13,14,15). The number of anilines is 2. The molecule has 4 rings (SSSR count). The van der Waals surface area contributed by atoms with E-state index in [0.717, 1.165) is 32.7 Å². The topological polar surface area (TPSA) is 75.6 Å². The number of halogens is 2. The van der Waals surface area contributed by atoms with E-state index in [1.54, 1.807) is 24.8 Å². The van der Waals surface area contributed by atoms with Crippen molar-refractivity contribution in [3.05, 3.63) is 33.7 Å². The van der Waals surface area contributed by atoms with Gasteiger partial charge in [0.25, 0.3) is 0 Å². The van der Waals surface area contributed by atoms with E-state index in [1.165, 1.54) is 51.4 Å². The van der Waals surface area contributed by atoms with Crippen molar-refractivity contribution in [2.45, 2.75) is 77.3 Å². The van der Waals surface area contributed by atoms with Crippen molar-refractivity contribution in [2.24, 2.45) is 11.8 Å². The molecular weight excluding hydrogens is 508 g/mol. The molecule has 0 aromatic carbocycles. The zero-order chi connectivity index (χ0) is 21.3. The monoisotopic (exact) mass is 538 g/mol. The lowest BCUT2D eigenvalue weighted by atomic mass is 9.87. The Bertz CT molecular complexity index is 674. The van der Waals surface area contributed by atoms with Crippen molar-refractivity contribution in [1.82, 2.24) is 19.9 Å². The third kappa shape index (κ3) is 8.10. The fourth-order valence-electron chi connectivity index (χ4n) is 3.95. The van der Waals surface area contributed by atoms with Crippen LogP contribution in [0.25, 0.3) is 0 Å². The lowest BCUT2D eigenvalue weighted by Crippen LogP contribution is -2.26. The molecule has 0 radical (unpaired) electrons. The minimum Gasteiger partial charge on any atom is -0.351 e. The first-order chi connectivity index (χ1) is 14.5. The molecule has 0 atom stereocenters. The summed E-state index contributed by atoms with van der Waals surface area (Å²) in [7, 11) is 0. The van der Waals surface area contributed by atoms with Crippen LogP contribution in [0.4, 0.5) is 11.9 Å². The Morgan fingerprint density at radius 1 is 0.600 bits per heavy atom. The van der Waals surface area contributed by atoms with Crippen LogP contribution in [-0.2, 0) is 0 Å². The molecule has 0 amide bonds. The molecule has 2 heterocycles. The molecule has 0 spiro atoms. The van der Waals surface area contributed by atoms with Gasteiger partial charge in [0.15, 0.2) is 0 Å². The van der Waals surface area contributed by atoms with Crippen LogP contribution in [0.1, 0.15) is 65.2 Å². The molecule has 0 unspecified atom stereocenters. The predicted octanol–water partition coefficient (Wildman–Crippen LogP) is 6.46. The molecule has 164 valence electrons. The Morgan fingerprint density at radius 3 is 1.20 bits per heavy atom. The molecule has 30 heavy (non-hydrogen) atoms. The van der Waals surface area contributed by atoms with Crippen LogP contribution in [0.3, 0.4) is 0 Å². The molecule has 0 aliphatic heterocycles. The SMILES string of the molecule is CC1CCC(Nc2ncc(Br)cn2)CC1.CC1CCC(Nc2ncc(Br)cn2)CC1. The Balaban J connectivity index is 0.000000171. The second kappa shape index (κ2) is 11.9. The molecule has 2 saturated carbocycles. The van der Waals surface area contributed by atoms with E-state index >= 15 is 0 Å². The van der Waals surface area contributed by atoms with E-state index in [-0.39, 0.29) is 0 Å². The first-order valence-corrected chi connectivity index (χ1v) is 12.5. The van der Waals surface area contributed by atoms with E-state index in [4.69, 9.17) is 0 Å². The molecule has 2 aromatic rings. The second-order valence-corrected chi connectivity index (χ2v) is 10.5. The highest BCUT2D eigenvalue weighted by Crippen LogP contribution is 2.26. The van der Waals surface area contributed by atoms with E-state index in [1.807, 2.05) is 0 Å². The largest absolute Gasteiger partial charge is 0.351 e. The van der Waals surface area contributed by atoms with Gasteiger partial charge in [-0.05, 0) is 95.1 Å². The number of nitrogens with zero attached hydrogens (tertiary/aromatic N) is 4. The van der Waals surface area contributed by atoms with E-state index in [9.17, 15) is 0 Å². The normalized spacial score (nSPS) is 26.3. The van der Waals surface area contributed by atoms with Crippen molar-refractivity contribution in [2.75, 3.05) is 10.6 Å². The maximum atomic E-state index is 4.22. The summed E-state index contributed by atoms with van der Waals surface area (Å²) in [5.74, 6) is 3.26. The fourth-order valence-corrected chi connectivity index (χ4v) is 4.36. The van der Waals surface area contributed by atoms with Gasteiger partial charge in [0.1, 0.15) is 0 Å². The van der Waals surface area contributed by atoms with Gasteiger partial charge in [-0.1, -0.05) is 13.8 Å². The Hall–Kier alpha value is -1.28. The van der Waals surface area contributed by atoms with Crippen LogP contribution in [0.15, 0.2) is 33.7 Å². The molecule has 6 nitrogen and oxygen atoms in total. The average molecular weight is 540 g/mol. The van der Waals surface area contributed by atoms with Crippen LogP contribution in [-0.4, -0.2) is 32.0 Å². The summed E-state index contributed by atoms with van der Waals surface area (Å²) in [5.41, 5.74) is 0. The molecule has 2 aromatic heterocycles. The van der Waals surface area contributed by atoms with Crippen LogP contribution in [0.2, 0.25) is 0 Å². The number of hydrogen-bond donors (Lipinski definition) is 2. The smallest absolute Gasteiger partial charge is 0.222 e. The maximum Gasteiger partial charge on any atom is 0.222 e. The zero-order valence-corrected chi connectivity index (χ0v) is 21.0. The van der Waals surface area contributed by atoms with Gasteiger partial charge in [-0.3, -0.25) is 0 Å². The fraction of sp³-hybridized carbons (Fsp3) is 0.636. The van der Waals surface area contributed by atoms with Crippen LogP contribution in [0, 0.1) is 11.8 Å².